The normalized spacial score (nSPS) is 20.8. The third kappa shape index (κ3) is 2.23. The SMILES string of the molecule is CCOC(=O)C1=CC=C2c3ccccc3CC[C@H]2C1. The number of allylic oxidation sites excluding steroid dienone is 3. The molecule has 0 saturated carbocycles. The second-order valence-electron chi connectivity index (χ2n) is 5.13. The van der Waals surface area contributed by atoms with E-state index in [1.807, 2.05) is 13.0 Å². The van der Waals surface area contributed by atoms with Gasteiger partial charge in [-0.1, -0.05) is 36.4 Å². The van der Waals surface area contributed by atoms with Crippen molar-refractivity contribution in [2.75, 3.05) is 6.61 Å². The Balaban J connectivity index is 1.93. The molecule has 19 heavy (non-hydrogen) atoms. The minimum Gasteiger partial charge on any atom is -0.463 e. The lowest BCUT2D eigenvalue weighted by molar-refractivity contribution is -0.138. The van der Waals surface area contributed by atoms with Crippen LogP contribution in [-0.2, 0) is 16.0 Å². The van der Waals surface area contributed by atoms with Crippen LogP contribution >= 0.6 is 0 Å². The number of esters is 1. The minimum absolute atomic E-state index is 0.156. The van der Waals surface area contributed by atoms with Crippen LogP contribution in [0.3, 0.4) is 0 Å². The van der Waals surface area contributed by atoms with Gasteiger partial charge in [0.15, 0.2) is 0 Å². The first-order valence-electron chi connectivity index (χ1n) is 6.95. The maximum absolute atomic E-state index is 11.8. The molecule has 0 saturated heterocycles. The maximum Gasteiger partial charge on any atom is 0.334 e. The average Bonchev–Trinajstić information content (AvgIpc) is 2.46. The fraction of sp³-hybridized carbons (Fsp3) is 0.353. The van der Waals surface area contributed by atoms with Gasteiger partial charge in [-0.15, -0.1) is 0 Å². The largest absolute Gasteiger partial charge is 0.463 e. The van der Waals surface area contributed by atoms with E-state index in [4.69, 9.17) is 4.74 Å². The molecule has 1 aromatic carbocycles. The molecular weight excluding hydrogens is 236 g/mol. The second-order valence-corrected chi connectivity index (χ2v) is 5.13. The molecule has 0 heterocycles. The molecule has 0 N–H and O–H groups in total. The van der Waals surface area contributed by atoms with Gasteiger partial charge in [-0.2, -0.15) is 0 Å². The number of hydrogen-bond donors (Lipinski definition) is 0. The van der Waals surface area contributed by atoms with E-state index in [1.54, 1.807) is 0 Å². The molecule has 0 bridgehead atoms. The van der Waals surface area contributed by atoms with E-state index in [2.05, 4.69) is 30.3 Å². The number of benzene rings is 1. The van der Waals surface area contributed by atoms with E-state index in [1.165, 1.54) is 16.7 Å². The number of fused-ring (bicyclic) bond motifs is 3. The predicted octanol–water partition coefficient (Wildman–Crippen LogP) is 3.53. The first kappa shape index (κ1) is 12.2. The Morgan fingerprint density at radius 2 is 2.16 bits per heavy atom. The molecule has 0 spiro atoms. The Kier molecular flexibility index (Phi) is 3.24. The Morgan fingerprint density at radius 1 is 1.32 bits per heavy atom. The number of hydrogen-bond acceptors (Lipinski definition) is 2. The summed E-state index contributed by atoms with van der Waals surface area (Å²) < 4.78 is 5.09. The van der Waals surface area contributed by atoms with Crippen LogP contribution in [0.4, 0.5) is 0 Å². The van der Waals surface area contributed by atoms with Crippen molar-refractivity contribution in [1.29, 1.82) is 0 Å². The lowest BCUT2D eigenvalue weighted by Gasteiger charge is -2.30. The van der Waals surface area contributed by atoms with E-state index in [9.17, 15) is 4.79 Å². The summed E-state index contributed by atoms with van der Waals surface area (Å²) in [5, 5.41) is 0. The number of rotatable bonds is 2. The Bertz CT molecular complexity index is 566. The number of aryl methyl sites for hydroxylation is 1. The summed E-state index contributed by atoms with van der Waals surface area (Å²) in [5.41, 5.74) is 4.99. The zero-order chi connectivity index (χ0) is 13.2. The molecule has 1 atom stereocenters. The van der Waals surface area contributed by atoms with Gasteiger partial charge in [-0.25, -0.2) is 4.79 Å². The Morgan fingerprint density at radius 3 is 3.00 bits per heavy atom. The Labute approximate surface area is 113 Å². The molecule has 0 fully saturated rings. The minimum atomic E-state index is -0.156. The molecule has 2 aliphatic carbocycles. The predicted molar refractivity (Wildman–Crippen MR) is 75.6 cm³/mol. The summed E-state index contributed by atoms with van der Waals surface area (Å²) in [6.07, 6.45) is 7.09. The van der Waals surface area contributed by atoms with Gasteiger partial charge in [0.1, 0.15) is 0 Å². The number of carbonyl (C=O) groups is 1. The summed E-state index contributed by atoms with van der Waals surface area (Å²) in [6, 6.07) is 8.59. The van der Waals surface area contributed by atoms with E-state index >= 15 is 0 Å². The van der Waals surface area contributed by atoms with Crippen LogP contribution in [0, 0.1) is 5.92 Å². The van der Waals surface area contributed by atoms with Crippen LogP contribution in [0.25, 0.3) is 5.57 Å². The van der Waals surface area contributed by atoms with Crippen LogP contribution in [-0.4, -0.2) is 12.6 Å². The summed E-state index contributed by atoms with van der Waals surface area (Å²) in [5.74, 6) is 0.316. The molecule has 0 amide bonds. The van der Waals surface area contributed by atoms with Gasteiger partial charge in [0.2, 0.25) is 0 Å². The first-order chi connectivity index (χ1) is 9.29. The molecule has 1 aromatic rings. The van der Waals surface area contributed by atoms with Crippen LogP contribution in [0.2, 0.25) is 0 Å². The quantitative estimate of drug-likeness (QED) is 0.755. The highest BCUT2D eigenvalue weighted by Crippen LogP contribution is 2.41. The van der Waals surface area contributed by atoms with Crippen LogP contribution < -0.4 is 0 Å². The zero-order valence-corrected chi connectivity index (χ0v) is 11.2. The first-order valence-corrected chi connectivity index (χ1v) is 6.95. The highest BCUT2D eigenvalue weighted by Gasteiger charge is 2.28. The molecule has 98 valence electrons. The fourth-order valence-electron chi connectivity index (χ4n) is 3.06. The molecule has 0 aliphatic heterocycles. The zero-order valence-electron chi connectivity index (χ0n) is 11.2. The van der Waals surface area contributed by atoms with Gasteiger partial charge >= 0.3 is 5.97 Å². The maximum atomic E-state index is 11.8. The molecule has 2 aliphatic rings. The van der Waals surface area contributed by atoms with Gasteiger partial charge in [0, 0.05) is 5.57 Å². The molecule has 2 heteroatoms. The van der Waals surface area contributed by atoms with Crippen molar-refractivity contribution in [3.63, 3.8) is 0 Å². The molecule has 3 rings (SSSR count). The molecule has 2 nitrogen and oxygen atoms in total. The molecule has 0 aromatic heterocycles. The van der Waals surface area contributed by atoms with Crippen molar-refractivity contribution in [2.45, 2.75) is 26.2 Å². The highest BCUT2D eigenvalue weighted by atomic mass is 16.5. The second kappa shape index (κ2) is 5.04. The van der Waals surface area contributed by atoms with E-state index in [0.29, 0.717) is 12.5 Å². The average molecular weight is 254 g/mol. The van der Waals surface area contributed by atoms with Crippen LogP contribution in [0.5, 0.6) is 0 Å². The third-order valence-electron chi connectivity index (χ3n) is 4.00. The van der Waals surface area contributed by atoms with E-state index < -0.39 is 0 Å². The van der Waals surface area contributed by atoms with E-state index in [-0.39, 0.29) is 5.97 Å². The summed E-state index contributed by atoms with van der Waals surface area (Å²) in [6.45, 7) is 2.29. The van der Waals surface area contributed by atoms with Gasteiger partial charge in [-0.3, -0.25) is 0 Å². The van der Waals surface area contributed by atoms with Crippen molar-refractivity contribution in [2.24, 2.45) is 5.92 Å². The van der Waals surface area contributed by atoms with Crippen molar-refractivity contribution in [3.05, 3.63) is 53.1 Å². The summed E-state index contributed by atoms with van der Waals surface area (Å²) >= 11 is 0. The Hall–Kier alpha value is -1.83. The number of carbonyl (C=O) groups excluding carboxylic acids is 1. The molecule has 0 radical (unpaired) electrons. The summed E-state index contributed by atoms with van der Waals surface area (Å²) in [4.78, 5) is 11.8. The van der Waals surface area contributed by atoms with Crippen LogP contribution in [0.1, 0.15) is 30.9 Å². The van der Waals surface area contributed by atoms with Gasteiger partial charge < -0.3 is 4.74 Å². The third-order valence-corrected chi connectivity index (χ3v) is 4.00. The lowest BCUT2D eigenvalue weighted by atomic mass is 9.74. The smallest absolute Gasteiger partial charge is 0.334 e. The standard InChI is InChI=1S/C17H18O2/c1-2-19-17(18)14-9-10-16-13(11-14)8-7-12-5-3-4-6-15(12)16/h3-6,9-10,13H,2,7-8,11H2,1H3/t13-/m0/s1. The van der Waals surface area contributed by atoms with Crippen molar-refractivity contribution >= 4 is 11.5 Å². The summed E-state index contributed by atoms with van der Waals surface area (Å²) in [7, 11) is 0. The van der Waals surface area contributed by atoms with Gasteiger partial charge in [0.25, 0.3) is 0 Å². The van der Waals surface area contributed by atoms with Gasteiger partial charge in [0.05, 0.1) is 6.61 Å². The lowest BCUT2D eigenvalue weighted by Crippen LogP contribution is -2.19. The van der Waals surface area contributed by atoms with Crippen molar-refractivity contribution in [1.82, 2.24) is 0 Å². The highest BCUT2D eigenvalue weighted by molar-refractivity contribution is 5.91. The van der Waals surface area contributed by atoms with Gasteiger partial charge in [-0.05, 0) is 48.8 Å². The fourth-order valence-corrected chi connectivity index (χ4v) is 3.06. The molecular formula is C17H18O2. The van der Waals surface area contributed by atoms with Crippen LogP contribution in [0.15, 0.2) is 42.0 Å². The topological polar surface area (TPSA) is 26.3 Å². The molecule has 0 unspecified atom stereocenters. The van der Waals surface area contributed by atoms with E-state index in [0.717, 1.165) is 24.8 Å². The van der Waals surface area contributed by atoms with Crippen molar-refractivity contribution < 1.29 is 9.53 Å². The van der Waals surface area contributed by atoms with Crippen molar-refractivity contribution in [3.8, 4) is 0 Å². The monoisotopic (exact) mass is 254 g/mol. The number of ether oxygens (including phenoxy) is 1.